The molecule has 0 aromatic heterocycles. The number of carbonyl (C=O) groups is 1. The third-order valence-electron chi connectivity index (χ3n) is 9.34. The number of halogens is 17. The highest BCUT2D eigenvalue weighted by atomic mass is 32.2. The number of thioether (sulfide) groups is 1. The number of benzene rings is 1. The molecule has 2 nitrogen and oxygen atoms in total. The summed E-state index contributed by atoms with van der Waals surface area (Å²) >= 11 is 0.302. The van der Waals surface area contributed by atoms with E-state index < -0.39 is 65.8 Å². The van der Waals surface area contributed by atoms with Gasteiger partial charge < -0.3 is 4.74 Å². The first-order valence-corrected chi connectivity index (χ1v) is 19.7. The molecular formula is C37H49F17O2S. The fraction of sp³-hybridized carbons (Fsp3) is 0.811. The van der Waals surface area contributed by atoms with Crippen molar-refractivity contribution < 1.29 is 84.2 Å². The lowest BCUT2D eigenvalue weighted by Gasteiger charge is -2.42. The molecule has 0 aliphatic heterocycles. The van der Waals surface area contributed by atoms with E-state index in [9.17, 15) is 79.4 Å². The highest BCUT2D eigenvalue weighted by Crippen LogP contribution is 2.64. The number of hydrogen-bond donors (Lipinski definition) is 0. The first-order chi connectivity index (χ1) is 26.0. The normalized spacial score (nSPS) is 14.0. The highest BCUT2D eigenvalue weighted by Gasteiger charge is 2.95. The fourth-order valence-corrected chi connectivity index (χ4v) is 6.78. The minimum atomic E-state index is -8.64. The van der Waals surface area contributed by atoms with E-state index >= 15 is 0 Å². The maximum atomic E-state index is 14.2. The predicted molar refractivity (Wildman–Crippen MR) is 183 cm³/mol. The van der Waals surface area contributed by atoms with Gasteiger partial charge >= 0.3 is 53.6 Å². The van der Waals surface area contributed by atoms with Crippen molar-refractivity contribution in [3.05, 3.63) is 28.8 Å². The molecule has 0 aliphatic rings. The first-order valence-electron chi connectivity index (χ1n) is 18.6. The van der Waals surface area contributed by atoms with Crippen molar-refractivity contribution >= 4 is 17.7 Å². The molecule has 0 saturated heterocycles. The lowest BCUT2D eigenvalue weighted by molar-refractivity contribution is -0.461. The largest absolute Gasteiger partial charge is 0.460 e. The van der Waals surface area contributed by atoms with E-state index in [1.54, 1.807) is 0 Å². The van der Waals surface area contributed by atoms with E-state index in [0.717, 1.165) is 32.1 Å². The van der Waals surface area contributed by atoms with E-state index in [1.165, 1.54) is 83.8 Å². The predicted octanol–water partition coefficient (Wildman–Crippen LogP) is 15.1. The van der Waals surface area contributed by atoms with Crippen LogP contribution >= 0.6 is 11.8 Å². The number of hydrogen-bond acceptors (Lipinski definition) is 3. The molecule has 0 radical (unpaired) electrons. The Balaban J connectivity index is 2.66. The van der Waals surface area contributed by atoms with Crippen molar-refractivity contribution in [2.75, 3.05) is 5.75 Å². The zero-order chi connectivity index (χ0) is 44.2. The van der Waals surface area contributed by atoms with Crippen LogP contribution in [0.4, 0.5) is 74.6 Å². The molecule has 334 valence electrons. The summed E-state index contributed by atoms with van der Waals surface area (Å²) < 4.78 is 235. The zero-order valence-corrected chi connectivity index (χ0v) is 32.6. The molecule has 0 spiro atoms. The monoisotopic (exact) mass is 880 g/mol. The molecule has 0 atom stereocenters. The van der Waals surface area contributed by atoms with E-state index in [0.29, 0.717) is 29.3 Å². The summed E-state index contributed by atoms with van der Waals surface area (Å²) in [7, 11) is 0. The minimum Gasteiger partial charge on any atom is -0.426 e. The first kappa shape index (κ1) is 52.9. The molecule has 0 bridgehead atoms. The molecule has 57 heavy (non-hydrogen) atoms. The Hall–Kier alpha value is -2.15. The van der Waals surface area contributed by atoms with Gasteiger partial charge in [-0.1, -0.05) is 109 Å². The maximum Gasteiger partial charge on any atom is 0.460 e. The molecule has 0 amide bonds. The third-order valence-corrected chi connectivity index (χ3v) is 10.4. The summed E-state index contributed by atoms with van der Waals surface area (Å²) in [5.41, 5.74) is 1.00. The van der Waals surface area contributed by atoms with Crippen LogP contribution < -0.4 is 4.74 Å². The van der Waals surface area contributed by atoms with Crippen molar-refractivity contribution in [1.82, 2.24) is 0 Å². The number of ether oxygens (including phenoxy) is 1. The minimum absolute atomic E-state index is 0.124. The molecule has 1 aromatic rings. The van der Waals surface area contributed by atoms with Gasteiger partial charge in [0, 0.05) is 18.6 Å². The van der Waals surface area contributed by atoms with Crippen LogP contribution in [0.2, 0.25) is 0 Å². The van der Waals surface area contributed by atoms with Crippen LogP contribution in [0.15, 0.2) is 12.1 Å². The number of esters is 1. The second-order valence-electron chi connectivity index (χ2n) is 14.2. The summed E-state index contributed by atoms with van der Waals surface area (Å²) in [6.45, 7) is 5.19. The van der Waals surface area contributed by atoms with Crippen molar-refractivity contribution in [3.63, 3.8) is 0 Å². The second-order valence-corrected chi connectivity index (χ2v) is 15.3. The summed E-state index contributed by atoms with van der Waals surface area (Å²) in [5.74, 6) is -58.3. The molecule has 0 saturated carbocycles. The van der Waals surface area contributed by atoms with Gasteiger partial charge in [-0.15, -0.1) is 0 Å². The molecule has 0 fully saturated rings. The van der Waals surface area contributed by atoms with Crippen LogP contribution in [0.25, 0.3) is 0 Å². The van der Waals surface area contributed by atoms with E-state index in [4.69, 9.17) is 4.74 Å². The van der Waals surface area contributed by atoms with E-state index in [-0.39, 0.29) is 23.5 Å². The van der Waals surface area contributed by atoms with Gasteiger partial charge in [0.15, 0.2) is 0 Å². The van der Waals surface area contributed by atoms with E-state index in [1.807, 2.05) is 0 Å². The van der Waals surface area contributed by atoms with Gasteiger partial charge in [0.25, 0.3) is 0 Å². The van der Waals surface area contributed by atoms with Crippen LogP contribution in [-0.2, 0) is 10.5 Å². The molecule has 0 unspecified atom stereocenters. The molecule has 1 rings (SSSR count). The Bertz CT molecular complexity index is 1360. The zero-order valence-electron chi connectivity index (χ0n) is 31.7. The SMILES string of the molecule is CCCCCCCCCCCCCCCCCC(=O)Oc1c(C)cc(CSCCC(F)(F)C(F)(F)C(F)(F)C(F)(F)C(F)(F)C(F)(F)C(F)(F)C(F)(F)F)cc1C. The number of carbonyl (C=O) groups excluding carboxylic acids is 1. The maximum absolute atomic E-state index is 14.2. The van der Waals surface area contributed by atoms with E-state index in [2.05, 4.69) is 6.92 Å². The summed E-state index contributed by atoms with van der Waals surface area (Å²) in [4.78, 5) is 12.4. The summed E-state index contributed by atoms with van der Waals surface area (Å²) in [6.07, 6.45) is 6.91. The summed E-state index contributed by atoms with van der Waals surface area (Å²) in [6, 6.07) is 2.77. The highest BCUT2D eigenvalue weighted by molar-refractivity contribution is 7.98. The van der Waals surface area contributed by atoms with Gasteiger partial charge in [-0.05, 0) is 42.7 Å². The topological polar surface area (TPSA) is 26.3 Å². The molecular weight excluding hydrogens is 831 g/mol. The fourth-order valence-electron chi connectivity index (χ4n) is 5.83. The van der Waals surface area contributed by atoms with Crippen molar-refractivity contribution in [3.8, 4) is 5.75 Å². The van der Waals surface area contributed by atoms with Crippen molar-refractivity contribution in [2.24, 2.45) is 0 Å². The van der Waals surface area contributed by atoms with Crippen LogP contribution in [0, 0.1) is 13.8 Å². The Morgan fingerprint density at radius 3 is 1.26 bits per heavy atom. The van der Waals surface area contributed by atoms with Gasteiger partial charge in [0.1, 0.15) is 5.75 Å². The molecule has 0 aliphatic carbocycles. The standard InChI is InChI=1S/C37H49F17O2S/c1-4-5-6-7-8-9-10-11-12-13-14-15-16-17-18-19-28(55)56-29-25(2)22-27(23-26(29)3)24-57-21-20-30(38,39)31(40,41)32(42,43)33(44,45)34(46,47)35(48,49)36(50,51)37(52,53)54/h22-23H,4-21,24H2,1-3H3. The quantitative estimate of drug-likeness (QED) is 0.0363. The average Bonchev–Trinajstić information content (AvgIpc) is 3.09. The summed E-state index contributed by atoms with van der Waals surface area (Å²) in [5, 5.41) is 0. The number of rotatable bonds is 28. The molecule has 0 N–H and O–H groups in total. The molecule has 20 heteroatoms. The van der Waals surface area contributed by atoms with Crippen LogP contribution in [0.3, 0.4) is 0 Å². The number of aryl methyl sites for hydroxylation is 2. The van der Waals surface area contributed by atoms with Crippen LogP contribution in [0.5, 0.6) is 5.75 Å². The Labute approximate surface area is 325 Å². The number of unbranched alkanes of at least 4 members (excludes halogenated alkanes) is 14. The average molecular weight is 881 g/mol. The molecule has 1 aromatic carbocycles. The third kappa shape index (κ3) is 12.9. The second kappa shape index (κ2) is 21.4. The lowest BCUT2D eigenvalue weighted by Crippen LogP contribution is -2.74. The molecule has 0 heterocycles. The smallest absolute Gasteiger partial charge is 0.426 e. The van der Waals surface area contributed by atoms with Gasteiger partial charge in [0.2, 0.25) is 0 Å². The van der Waals surface area contributed by atoms with Crippen molar-refractivity contribution in [1.29, 1.82) is 0 Å². The Kier molecular flexibility index (Phi) is 19.8. The van der Waals surface area contributed by atoms with Crippen LogP contribution in [-0.4, -0.2) is 59.4 Å². The van der Waals surface area contributed by atoms with Gasteiger partial charge in [-0.2, -0.15) is 86.4 Å². The lowest BCUT2D eigenvalue weighted by atomic mass is 9.88. The van der Waals surface area contributed by atoms with Gasteiger partial charge in [0.05, 0.1) is 0 Å². The van der Waals surface area contributed by atoms with Gasteiger partial charge in [-0.3, -0.25) is 4.79 Å². The van der Waals surface area contributed by atoms with Crippen molar-refractivity contribution in [2.45, 2.75) is 183 Å². The number of alkyl halides is 17. The Morgan fingerprint density at radius 1 is 0.526 bits per heavy atom. The Morgan fingerprint density at radius 2 is 0.877 bits per heavy atom. The van der Waals surface area contributed by atoms with Crippen LogP contribution in [0.1, 0.15) is 133 Å². The van der Waals surface area contributed by atoms with Gasteiger partial charge in [-0.25, -0.2) is 0 Å².